The van der Waals surface area contributed by atoms with Crippen molar-refractivity contribution in [2.75, 3.05) is 0 Å². The molecule has 29 heavy (non-hydrogen) atoms. The summed E-state index contributed by atoms with van der Waals surface area (Å²) in [5.74, 6) is -0.682. The van der Waals surface area contributed by atoms with Gasteiger partial charge in [-0.1, -0.05) is 12.1 Å². The number of benzene rings is 2. The molecule has 0 bridgehead atoms. The molecule has 3 rings (SSSR count). The normalized spacial score (nSPS) is 11.3. The van der Waals surface area contributed by atoms with Gasteiger partial charge in [0.05, 0.1) is 22.7 Å². The molecule has 0 saturated carbocycles. The van der Waals surface area contributed by atoms with Crippen LogP contribution in [0.1, 0.15) is 23.7 Å². The minimum absolute atomic E-state index is 0.000766. The van der Waals surface area contributed by atoms with E-state index >= 15 is 0 Å². The van der Waals surface area contributed by atoms with Gasteiger partial charge in [0.15, 0.2) is 0 Å². The highest BCUT2D eigenvalue weighted by Crippen LogP contribution is 2.24. The summed E-state index contributed by atoms with van der Waals surface area (Å²) in [6.45, 7) is 3.31. The number of nitro benzene ring substituents is 1. The fraction of sp³-hybridized carbons (Fsp3) is 0.150. The van der Waals surface area contributed by atoms with Crippen molar-refractivity contribution in [2.24, 2.45) is 5.10 Å². The monoisotopic (exact) mass is 412 g/mol. The first-order valence-electron chi connectivity index (χ1n) is 8.62. The van der Waals surface area contributed by atoms with Crippen LogP contribution in [0.2, 0.25) is 0 Å². The number of halogens is 1. The van der Waals surface area contributed by atoms with E-state index in [-0.39, 0.29) is 23.8 Å². The Morgan fingerprint density at radius 1 is 1.28 bits per heavy atom. The Labute approximate surface area is 170 Å². The summed E-state index contributed by atoms with van der Waals surface area (Å²) in [6, 6.07) is 10.8. The lowest BCUT2D eigenvalue weighted by Crippen LogP contribution is -2.21. The van der Waals surface area contributed by atoms with Gasteiger partial charge in [-0.25, -0.2) is 14.8 Å². The second kappa shape index (κ2) is 8.70. The molecule has 0 fully saturated rings. The summed E-state index contributed by atoms with van der Waals surface area (Å²) >= 11 is 1.36. The number of amides is 1. The molecule has 7 nitrogen and oxygen atoms in total. The Balaban J connectivity index is 1.64. The first-order chi connectivity index (χ1) is 13.8. The molecule has 0 atom stereocenters. The van der Waals surface area contributed by atoms with Crippen LogP contribution in [0.3, 0.4) is 0 Å². The second-order valence-corrected chi connectivity index (χ2v) is 7.18. The highest BCUT2D eigenvalue weighted by molar-refractivity contribution is 7.13. The first kappa shape index (κ1) is 20.3. The van der Waals surface area contributed by atoms with Crippen molar-refractivity contribution in [1.29, 1.82) is 0 Å². The molecule has 0 aliphatic heterocycles. The number of carbonyl (C=O) groups excluding carboxylic acids is 1. The summed E-state index contributed by atoms with van der Waals surface area (Å²) in [7, 11) is 0. The molecule has 0 radical (unpaired) electrons. The molecule has 1 aromatic heterocycles. The van der Waals surface area contributed by atoms with Crippen molar-refractivity contribution < 1.29 is 14.1 Å². The zero-order valence-corrected chi connectivity index (χ0v) is 16.5. The van der Waals surface area contributed by atoms with Gasteiger partial charge in [-0.05, 0) is 38.1 Å². The van der Waals surface area contributed by atoms with E-state index in [1.54, 1.807) is 43.5 Å². The lowest BCUT2D eigenvalue weighted by molar-refractivity contribution is -0.385. The van der Waals surface area contributed by atoms with Crippen LogP contribution in [0, 0.1) is 22.9 Å². The van der Waals surface area contributed by atoms with E-state index in [0.717, 1.165) is 5.56 Å². The topological polar surface area (TPSA) is 97.5 Å². The van der Waals surface area contributed by atoms with Crippen LogP contribution in [0.15, 0.2) is 52.9 Å². The minimum atomic E-state index is -0.453. The highest BCUT2D eigenvalue weighted by Gasteiger charge is 2.13. The Morgan fingerprint density at radius 3 is 2.69 bits per heavy atom. The highest BCUT2D eigenvalue weighted by atomic mass is 32.1. The number of aromatic nitrogens is 1. The molecule has 1 heterocycles. The summed E-state index contributed by atoms with van der Waals surface area (Å²) in [4.78, 5) is 27.2. The van der Waals surface area contributed by atoms with Crippen LogP contribution in [-0.2, 0) is 11.2 Å². The number of nitrogens with one attached hydrogen (secondary N) is 1. The van der Waals surface area contributed by atoms with Crippen molar-refractivity contribution in [3.05, 3.63) is 80.6 Å². The van der Waals surface area contributed by atoms with Crippen LogP contribution in [0.25, 0.3) is 10.6 Å². The molecule has 0 spiro atoms. The number of nitro groups is 1. The summed E-state index contributed by atoms with van der Waals surface area (Å²) in [5.41, 5.74) is 5.35. The van der Waals surface area contributed by atoms with Gasteiger partial charge in [0, 0.05) is 28.1 Å². The maximum atomic E-state index is 13.0. The maximum absolute atomic E-state index is 13.0. The third-order valence-electron chi connectivity index (χ3n) is 4.16. The molecule has 1 amide bonds. The standard InChI is InChI=1S/C20H17FN4O3S/c1-12-3-4-15(9-18(12)25(27)28)13(2)23-24-19(26)10-17-11-29-20(22-17)14-5-7-16(21)8-6-14/h3-9,11H,10H2,1-2H3,(H,24,26)/b23-13-. The molecule has 0 unspecified atom stereocenters. The van der Waals surface area contributed by atoms with Crippen LogP contribution in [-0.4, -0.2) is 21.5 Å². The predicted molar refractivity (Wildman–Crippen MR) is 109 cm³/mol. The Hall–Kier alpha value is -3.46. The Kier molecular flexibility index (Phi) is 6.08. The predicted octanol–water partition coefficient (Wildman–Crippen LogP) is 4.25. The smallest absolute Gasteiger partial charge is 0.272 e. The number of aryl methyl sites for hydroxylation is 1. The van der Waals surface area contributed by atoms with Gasteiger partial charge in [0.2, 0.25) is 5.91 Å². The molecule has 0 aliphatic carbocycles. The lowest BCUT2D eigenvalue weighted by atomic mass is 10.1. The average molecular weight is 412 g/mol. The van der Waals surface area contributed by atoms with E-state index in [4.69, 9.17) is 0 Å². The van der Waals surface area contributed by atoms with Gasteiger partial charge in [-0.3, -0.25) is 14.9 Å². The third-order valence-corrected chi connectivity index (χ3v) is 5.10. The van der Waals surface area contributed by atoms with E-state index in [2.05, 4.69) is 15.5 Å². The maximum Gasteiger partial charge on any atom is 0.272 e. The molecular formula is C20H17FN4O3S. The number of nitrogens with zero attached hydrogens (tertiary/aromatic N) is 3. The summed E-state index contributed by atoms with van der Waals surface area (Å²) < 4.78 is 13.0. The van der Waals surface area contributed by atoms with Crippen molar-refractivity contribution in [2.45, 2.75) is 20.3 Å². The largest absolute Gasteiger partial charge is 0.273 e. The van der Waals surface area contributed by atoms with Gasteiger partial charge in [-0.15, -0.1) is 11.3 Å². The lowest BCUT2D eigenvalue weighted by Gasteiger charge is -2.04. The second-order valence-electron chi connectivity index (χ2n) is 6.32. The number of hydrogen-bond acceptors (Lipinski definition) is 6. The zero-order valence-electron chi connectivity index (χ0n) is 15.7. The van der Waals surface area contributed by atoms with Crippen LogP contribution >= 0.6 is 11.3 Å². The molecule has 3 aromatic rings. The SMILES string of the molecule is C/C(=N/NC(=O)Cc1csc(-c2ccc(F)cc2)n1)c1ccc(C)c([N+](=O)[O-])c1. The van der Waals surface area contributed by atoms with Gasteiger partial charge in [-0.2, -0.15) is 5.10 Å². The van der Waals surface area contributed by atoms with Crippen molar-refractivity contribution in [3.8, 4) is 10.6 Å². The van der Waals surface area contributed by atoms with E-state index in [0.29, 0.717) is 27.5 Å². The van der Waals surface area contributed by atoms with Crippen molar-refractivity contribution in [1.82, 2.24) is 10.4 Å². The fourth-order valence-electron chi connectivity index (χ4n) is 2.56. The molecule has 148 valence electrons. The molecule has 2 aromatic carbocycles. The molecule has 1 N–H and O–H groups in total. The van der Waals surface area contributed by atoms with Crippen LogP contribution < -0.4 is 5.43 Å². The number of thiazole rings is 1. The fourth-order valence-corrected chi connectivity index (χ4v) is 3.38. The Bertz CT molecular complexity index is 1090. The van der Waals surface area contributed by atoms with Crippen LogP contribution in [0.4, 0.5) is 10.1 Å². The first-order valence-corrected chi connectivity index (χ1v) is 9.50. The summed E-state index contributed by atoms with van der Waals surface area (Å²) in [6.07, 6.45) is 0.0303. The summed E-state index contributed by atoms with van der Waals surface area (Å²) in [5, 5.41) is 17.5. The van der Waals surface area contributed by atoms with Gasteiger partial charge in [0.1, 0.15) is 10.8 Å². The quantitative estimate of drug-likeness (QED) is 0.372. The number of carbonyl (C=O) groups is 1. The van der Waals surface area contributed by atoms with Gasteiger partial charge >= 0.3 is 0 Å². The van der Waals surface area contributed by atoms with Gasteiger partial charge < -0.3 is 0 Å². The minimum Gasteiger partial charge on any atom is -0.273 e. The van der Waals surface area contributed by atoms with Crippen molar-refractivity contribution >= 4 is 28.6 Å². The van der Waals surface area contributed by atoms with Crippen LogP contribution in [0.5, 0.6) is 0 Å². The van der Waals surface area contributed by atoms with E-state index < -0.39 is 4.92 Å². The zero-order chi connectivity index (χ0) is 21.0. The number of hydrogen-bond donors (Lipinski definition) is 1. The Morgan fingerprint density at radius 2 is 2.00 bits per heavy atom. The molecular weight excluding hydrogens is 395 g/mol. The third kappa shape index (κ3) is 5.08. The van der Waals surface area contributed by atoms with E-state index in [1.165, 1.54) is 29.5 Å². The average Bonchev–Trinajstić information content (AvgIpc) is 3.15. The number of hydrazone groups is 1. The molecule has 0 saturated heterocycles. The molecule has 9 heteroatoms. The molecule has 0 aliphatic rings. The van der Waals surface area contributed by atoms with Gasteiger partial charge in [0.25, 0.3) is 5.69 Å². The van der Waals surface area contributed by atoms with E-state index in [1.807, 2.05) is 0 Å². The van der Waals surface area contributed by atoms with E-state index in [9.17, 15) is 19.3 Å². The van der Waals surface area contributed by atoms with Crippen molar-refractivity contribution in [3.63, 3.8) is 0 Å². The number of rotatable bonds is 6.